The van der Waals surface area contributed by atoms with Gasteiger partial charge in [-0.25, -0.2) is 4.98 Å². The van der Waals surface area contributed by atoms with Crippen LogP contribution < -0.4 is 15.0 Å². The highest BCUT2D eigenvalue weighted by molar-refractivity contribution is 6.35. The highest BCUT2D eigenvalue weighted by Crippen LogP contribution is 2.35. The zero-order chi connectivity index (χ0) is 31.1. The average Bonchev–Trinajstić information content (AvgIpc) is 3.43. The molecule has 1 fully saturated rings. The third-order valence-electron chi connectivity index (χ3n) is 8.37. The van der Waals surface area contributed by atoms with Crippen LogP contribution in [0.1, 0.15) is 48.4 Å². The van der Waals surface area contributed by atoms with E-state index in [1.165, 1.54) is 4.57 Å². The Labute approximate surface area is 265 Å². The number of allylic oxidation sites excluding steroid dienone is 1. The van der Waals surface area contributed by atoms with Gasteiger partial charge in [-0.3, -0.25) is 19.1 Å². The molecule has 0 bridgehead atoms. The van der Waals surface area contributed by atoms with E-state index in [1.54, 1.807) is 44.4 Å². The van der Waals surface area contributed by atoms with Crippen LogP contribution in [0.2, 0.25) is 10.0 Å². The predicted octanol–water partition coefficient (Wildman–Crippen LogP) is 7.29. The van der Waals surface area contributed by atoms with Crippen LogP contribution in [0.4, 0.5) is 5.69 Å². The Hall–Kier alpha value is -4.14. The van der Waals surface area contributed by atoms with E-state index >= 15 is 0 Å². The predicted molar refractivity (Wildman–Crippen MR) is 175 cm³/mol. The maximum Gasteiger partial charge on any atom is 0.266 e. The first-order valence-corrected chi connectivity index (χ1v) is 15.2. The number of aliphatic imine (C=N–C) groups is 1. The molecule has 0 spiro atoms. The lowest BCUT2D eigenvalue weighted by Gasteiger charge is -2.20. The van der Waals surface area contributed by atoms with Crippen LogP contribution in [0.3, 0.4) is 0 Å². The van der Waals surface area contributed by atoms with Crippen molar-refractivity contribution in [2.45, 2.75) is 46.1 Å². The Morgan fingerprint density at radius 1 is 1.05 bits per heavy atom. The summed E-state index contributed by atoms with van der Waals surface area (Å²) in [5.74, 6) is 1.73. The summed E-state index contributed by atoms with van der Waals surface area (Å²) < 4.78 is 13.3. The fourth-order valence-corrected chi connectivity index (χ4v) is 6.29. The Kier molecular flexibility index (Phi) is 8.22. The normalized spacial score (nSPS) is 16.5. The van der Waals surface area contributed by atoms with Gasteiger partial charge in [0.1, 0.15) is 23.9 Å². The van der Waals surface area contributed by atoms with Crippen LogP contribution in [0.5, 0.6) is 11.5 Å². The molecule has 0 N–H and O–H groups in total. The molecule has 0 aliphatic carbocycles. The SMILES string of the molecule is COc1cc2c(cc1CC(C)=C(C)COc1ccc3nc(C)n(-c4ccc(Cl)cc4Cl)c(=O)c3c1)N=CC1CCCN1C2=O. The Balaban J connectivity index is 1.24. The third-order valence-corrected chi connectivity index (χ3v) is 8.91. The number of hydrogen-bond donors (Lipinski definition) is 0. The monoisotopic (exact) mass is 630 g/mol. The molecule has 44 heavy (non-hydrogen) atoms. The van der Waals surface area contributed by atoms with Crippen molar-refractivity contribution in [3.8, 4) is 17.2 Å². The lowest BCUT2D eigenvalue weighted by Crippen LogP contribution is -2.35. The van der Waals surface area contributed by atoms with E-state index in [2.05, 4.69) is 16.9 Å². The number of benzene rings is 3. The van der Waals surface area contributed by atoms with Crippen molar-refractivity contribution in [3.05, 3.63) is 97.0 Å². The van der Waals surface area contributed by atoms with E-state index in [-0.39, 0.29) is 17.5 Å². The molecule has 1 unspecified atom stereocenters. The summed E-state index contributed by atoms with van der Waals surface area (Å²) in [5, 5.41) is 1.26. The summed E-state index contributed by atoms with van der Waals surface area (Å²) in [5.41, 5.74) is 5.17. The molecule has 1 saturated heterocycles. The zero-order valence-electron chi connectivity index (χ0n) is 25.0. The van der Waals surface area contributed by atoms with E-state index in [9.17, 15) is 9.59 Å². The number of hydrogen-bond acceptors (Lipinski definition) is 6. The minimum absolute atomic E-state index is 0.00506. The average molecular weight is 632 g/mol. The highest BCUT2D eigenvalue weighted by Gasteiger charge is 2.32. The number of aromatic nitrogens is 2. The molecule has 1 amide bonds. The van der Waals surface area contributed by atoms with Crippen molar-refractivity contribution in [1.29, 1.82) is 0 Å². The second kappa shape index (κ2) is 12.1. The van der Waals surface area contributed by atoms with Crippen molar-refractivity contribution in [2.75, 3.05) is 20.3 Å². The number of ether oxygens (including phenoxy) is 2. The number of aryl methyl sites for hydroxylation is 1. The first-order chi connectivity index (χ1) is 21.1. The molecule has 1 atom stereocenters. The van der Waals surface area contributed by atoms with Gasteiger partial charge in [-0.1, -0.05) is 28.8 Å². The second-order valence-corrected chi connectivity index (χ2v) is 12.1. The molecule has 1 aromatic heterocycles. The lowest BCUT2D eigenvalue weighted by atomic mass is 9.98. The van der Waals surface area contributed by atoms with Gasteiger partial charge in [0.05, 0.1) is 46.0 Å². The van der Waals surface area contributed by atoms with Crippen LogP contribution in [-0.4, -0.2) is 52.9 Å². The molecule has 4 aromatic rings. The minimum atomic E-state index is -0.248. The number of methoxy groups -OCH3 is 1. The highest BCUT2D eigenvalue weighted by atomic mass is 35.5. The van der Waals surface area contributed by atoms with E-state index < -0.39 is 0 Å². The van der Waals surface area contributed by atoms with Crippen LogP contribution >= 0.6 is 23.2 Å². The lowest BCUT2D eigenvalue weighted by molar-refractivity contribution is 0.0774. The summed E-state index contributed by atoms with van der Waals surface area (Å²) >= 11 is 12.5. The summed E-state index contributed by atoms with van der Waals surface area (Å²) in [7, 11) is 1.62. The van der Waals surface area contributed by atoms with E-state index in [1.807, 2.05) is 36.2 Å². The molecule has 0 radical (unpaired) electrons. The maximum atomic E-state index is 13.6. The number of rotatable bonds is 7. The molecule has 2 aliphatic rings. The molecule has 3 aromatic carbocycles. The van der Waals surface area contributed by atoms with Crippen LogP contribution in [0.25, 0.3) is 16.6 Å². The summed E-state index contributed by atoms with van der Waals surface area (Å²) in [6, 6.07) is 14.1. The van der Waals surface area contributed by atoms with E-state index in [0.29, 0.717) is 68.2 Å². The first kappa shape index (κ1) is 29.9. The van der Waals surface area contributed by atoms with Crippen molar-refractivity contribution < 1.29 is 14.3 Å². The topological polar surface area (TPSA) is 86.0 Å². The smallest absolute Gasteiger partial charge is 0.266 e. The van der Waals surface area contributed by atoms with Gasteiger partial charge in [0.25, 0.3) is 11.5 Å². The van der Waals surface area contributed by atoms with Gasteiger partial charge in [-0.15, -0.1) is 0 Å². The second-order valence-electron chi connectivity index (χ2n) is 11.3. The minimum Gasteiger partial charge on any atom is -0.496 e. The van der Waals surface area contributed by atoms with Crippen LogP contribution in [0, 0.1) is 6.92 Å². The van der Waals surface area contributed by atoms with Gasteiger partial charge in [0.15, 0.2) is 0 Å². The Bertz CT molecular complexity index is 1930. The fraction of sp³-hybridized carbons (Fsp3) is 0.294. The quantitative estimate of drug-likeness (QED) is 0.200. The van der Waals surface area contributed by atoms with Crippen molar-refractivity contribution >= 4 is 51.9 Å². The van der Waals surface area contributed by atoms with E-state index in [4.69, 9.17) is 32.7 Å². The molecule has 10 heteroatoms. The largest absolute Gasteiger partial charge is 0.496 e. The number of halogens is 2. The van der Waals surface area contributed by atoms with Gasteiger partial charge in [-0.2, -0.15) is 0 Å². The maximum absolute atomic E-state index is 13.6. The molecule has 0 saturated carbocycles. The van der Waals surface area contributed by atoms with Crippen molar-refractivity contribution in [3.63, 3.8) is 0 Å². The van der Waals surface area contributed by atoms with Crippen LogP contribution in [0.15, 0.2) is 69.5 Å². The Morgan fingerprint density at radius 2 is 1.86 bits per heavy atom. The molecular formula is C34H32Cl2N4O4. The molecule has 2 aliphatic heterocycles. The number of carbonyl (C=O) groups is 1. The molecule has 6 rings (SSSR count). The zero-order valence-corrected chi connectivity index (χ0v) is 26.5. The fourth-order valence-electron chi connectivity index (χ4n) is 5.80. The van der Waals surface area contributed by atoms with Crippen molar-refractivity contribution in [2.24, 2.45) is 4.99 Å². The van der Waals surface area contributed by atoms with Crippen molar-refractivity contribution in [1.82, 2.24) is 14.5 Å². The molecule has 226 valence electrons. The third kappa shape index (κ3) is 5.60. The summed E-state index contributed by atoms with van der Waals surface area (Å²) in [6.07, 6.45) is 4.43. The van der Waals surface area contributed by atoms with Gasteiger partial charge in [0, 0.05) is 23.3 Å². The van der Waals surface area contributed by atoms with Gasteiger partial charge < -0.3 is 14.4 Å². The first-order valence-electron chi connectivity index (χ1n) is 14.5. The number of fused-ring (bicyclic) bond motifs is 3. The van der Waals surface area contributed by atoms with E-state index in [0.717, 1.165) is 36.1 Å². The molecular weight excluding hydrogens is 599 g/mol. The number of amides is 1. The standard InChI is InChI=1S/C34H32Cl2N4O4/c1-19(12-22-13-30-27(16-32(22)43-4)33(41)39-11-5-6-24(39)17-37-30)20(2)18-44-25-8-9-29-26(15-25)34(42)40(21(3)38-29)31-10-7-23(35)14-28(31)36/h7-10,13-17,24H,5-6,11-12,18H2,1-4H3. The summed E-state index contributed by atoms with van der Waals surface area (Å²) in [4.78, 5) is 38.0. The summed E-state index contributed by atoms with van der Waals surface area (Å²) in [6.45, 7) is 6.91. The van der Waals surface area contributed by atoms with Gasteiger partial charge in [0.2, 0.25) is 0 Å². The molecule has 8 nitrogen and oxygen atoms in total. The molecule has 3 heterocycles. The number of carbonyl (C=O) groups excluding carboxylic acids is 1. The van der Waals surface area contributed by atoms with Gasteiger partial charge >= 0.3 is 0 Å². The van der Waals surface area contributed by atoms with Crippen LogP contribution in [-0.2, 0) is 6.42 Å². The number of nitrogens with zero attached hydrogens (tertiary/aromatic N) is 4. The van der Waals surface area contributed by atoms with Gasteiger partial charge in [-0.05, 0) is 94.1 Å². The Morgan fingerprint density at radius 3 is 2.64 bits per heavy atom.